The molecule has 1 aliphatic heterocycles. The van der Waals surface area contributed by atoms with Crippen LogP contribution in [-0.2, 0) is 27.2 Å². The van der Waals surface area contributed by atoms with Gasteiger partial charge in [0.15, 0.2) is 0 Å². The van der Waals surface area contributed by atoms with Gasteiger partial charge in [0.05, 0.1) is 4.92 Å². The third-order valence-corrected chi connectivity index (χ3v) is 7.94. The Morgan fingerprint density at radius 1 is 1.14 bits per heavy atom. The number of aromatic nitrogens is 1. The van der Waals surface area contributed by atoms with Crippen LogP contribution in [-0.4, -0.2) is 64.8 Å². The summed E-state index contributed by atoms with van der Waals surface area (Å²) in [6.07, 6.45) is 2.62. The molecule has 1 fully saturated rings. The molecule has 1 unspecified atom stereocenters. The second kappa shape index (κ2) is 14.0. The van der Waals surface area contributed by atoms with Gasteiger partial charge in [-0.15, -0.1) is 0 Å². The van der Waals surface area contributed by atoms with E-state index in [9.17, 15) is 19.7 Å². The quantitative estimate of drug-likeness (QED) is 0.163. The zero-order valence-corrected chi connectivity index (χ0v) is 25.9. The van der Waals surface area contributed by atoms with E-state index in [0.717, 1.165) is 31.4 Å². The van der Waals surface area contributed by atoms with Crippen molar-refractivity contribution in [3.8, 4) is 0 Å². The van der Waals surface area contributed by atoms with Gasteiger partial charge in [-0.1, -0.05) is 30.3 Å². The Morgan fingerprint density at radius 2 is 1.86 bits per heavy atom. The number of methoxy groups -OCH3 is 1. The van der Waals surface area contributed by atoms with E-state index in [1.165, 1.54) is 34.3 Å². The van der Waals surface area contributed by atoms with E-state index < -0.39 is 22.7 Å². The number of benzene rings is 2. The molecule has 0 bridgehead atoms. The Hall–Kier alpha value is -3.92. The molecule has 0 aliphatic carbocycles. The molecule has 0 spiro atoms. The molecule has 2 heterocycles. The summed E-state index contributed by atoms with van der Waals surface area (Å²) in [5.74, 6) is 0.159. The van der Waals surface area contributed by atoms with Gasteiger partial charge < -0.3 is 24.3 Å². The number of carbonyl (C=O) groups is 2. The molecule has 0 radical (unpaired) electrons. The maximum Gasteiger partial charge on any atom is 0.407 e. The van der Waals surface area contributed by atoms with Crippen molar-refractivity contribution in [2.75, 3.05) is 26.8 Å². The van der Waals surface area contributed by atoms with Crippen LogP contribution in [0, 0.1) is 17.0 Å². The first kappa shape index (κ1) is 32.0. The maximum absolute atomic E-state index is 13.8. The summed E-state index contributed by atoms with van der Waals surface area (Å²) in [5, 5.41) is 15.2. The number of ether oxygens (including phenoxy) is 2. The number of nitrogens with one attached hydrogen (secondary N) is 1. The highest BCUT2D eigenvalue weighted by atomic mass is 16.6. The van der Waals surface area contributed by atoms with Crippen LogP contribution in [0.4, 0.5) is 10.5 Å². The Kier molecular flexibility index (Phi) is 10.4. The van der Waals surface area contributed by atoms with E-state index in [1.807, 2.05) is 4.90 Å². The minimum atomic E-state index is -0.689. The second-order valence-corrected chi connectivity index (χ2v) is 12.4. The molecule has 43 heavy (non-hydrogen) atoms. The molecule has 10 heteroatoms. The summed E-state index contributed by atoms with van der Waals surface area (Å²) in [6, 6.07) is 14.1. The van der Waals surface area contributed by atoms with Crippen molar-refractivity contribution in [3.05, 3.63) is 75.5 Å². The Balaban J connectivity index is 1.53. The minimum Gasteiger partial charge on any atom is -0.444 e. The van der Waals surface area contributed by atoms with Gasteiger partial charge in [-0.3, -0.25) is 14.9 Å². The van der Waals surface area contributed by atoms with Crippen molar-refractivity contribution in [1.82, 2.24) is 14.8 Å². The van der Waals surface area contributed by atoms with E-state index in [1.54, 1.807) is 40.0 Å². The summed E-state index contributed by atoms with van der Waals surface area (Å²) in [5.41, 5.74) is 3.84. The molecule has 10 nitrogen and oxygen atoms in total. The highest BCUT2D eigenvalue weighted by Crippen LogP contribution is 2.36. The van der Waals surface area contributed by atoms with Crippen LogP contribution >= 0.6 is 0 Å². The lowest BCUT2D eigenvalue weighted by molar-refractivity contribution is -0.384. The zero-order chi connectivity index (χ0) is 31.1. The first-order valence-electron chi connectivity index (χ1n) is 15.0. The first-order valence-corrected chi connectivity index (χ1v) is 15.0. The van der Waals surface area contributed by atoms with Crippen LogP contribution in [0.5, 0.6) is 0 Å². The smallest absolute Gasteiger partial charge is 0.407 e. The monoisotopic (exact) mass is 592 g/mol. The number of hydrogen-bond donors (Lipinski definition) is 1. The highest BCUT2D eigenvalue weighted by molar-refractivity contribution is 5.85. The Bertz CT molecular complexity index is 1430. The van der Waals surface area contributed by atoms with Crippen molar-refractivity contribution in [2.45, 2.75) is 83.9 Å². The lowest BCUT2D eigenvalue weighted by atomic mass is 9.91. The van der Waals surface area contributed by atoms with Crippen molar-refractivity contribution in [3.63, 3.8) is 0 Å². The molecular weight excluding hydrogens is 548 g/mol. The second-order valence-electron chi connectivity index (χ2n) is 12.4. The van der Waals surface area contributed by atoms with Crippen LogP contribution in [0.1, 0.15) is 69.2 Å². The first-order chi connectivity index (χ1) is 20.5. The van der Waals surface area contributed by atoms with E-state index in [4.69, 9.17) is 9.47 Å². The van der Waals surface area contributed by atoms with Gasteiger partial charge in [-0.2, -0.15) is 0 Å². The number of nitro benzene ring substituents is 1. The lowest BCUT2D eigenvalue weighted by Gasteiger charge is -2.35. The van der Waals surface area contributed by atoms with E-state index >= 15 is 0 Å². The summed E-state index contributed by atoms with van der Waals surface area (Å²) >= 11 is 0. The molecule has 1 aromatic heterocycles. The van der Waals surface area contributed by atoms with Crippen molar-refractivity contribution >= 4 is 28.6 Å². The van der Waals surface area contributed by atoms with Crippen LogP contribution in [0.25, 0.3) is 10.9 Å². The zero-order valence-electron chi connectivity index (χ0n) is 25.9. The fourth-order valence-corrected chi connectivity index (χ4v) is 6.08. The number of amides is 2. The number of likely N-dealkylation sites (tertiary alicyclic amines) is 1. The number of non-ortho nitro benzene ring substituents is 1. The molecule has 1 saturated heterocycles. The minimum absolute atomic E-state index is 0.00855. The number of para-hydroxylation sites is 1. The summed E-state index contributed by atoms with van der Waals surface area (Å²) in [6.45, 7) is 10.3. The van der Waals surface area contributed by atoms with Gasteiger partial charge in [0, 0.05) is 80.5 Å². The number of fused-ring (bicyclic) bond motifs is 1. The molecule has 4 rings (SSSR count). The maximum atomic E-state index is 13.8. The van der Waals surface area contributed by atoms with Crippen molar-refractivity contribution in [2.24, 2.45) is 0 Å². The fourth-order valence-electron chi connectivity index (χ4n) is 6.08. The van der Waals surface area contributed by atoms with Gasteiger partial charge in [-0.25, -0.2) is 4.79 Å². The van der Waals surface area contributed by atoms with E-state index in [2.05, 4.69) is 41.1 Å². The lowest BCUT2D eigenvalue weighted by Crippen LogP contribution is -2.46. The summed E-state index contributed by atoms with van der Waals surface area (Å²) in [4.78, 5) is 39.0. The normalized spacial score (nSPS) is 16.2. The Morgan fingerprint density at radius 3 is 2.53 bits per heavy atom. The van der Waals surface area contributed by atoms with E-state index in [0.29, 0.717) is 26.1 Å². The molecular formula is C33H44N4O6. The topological polar surface area (TPSA) is 116 Å². The fraction of sp³-hybridized carbons (Fsp3) is 0.515. The molecule has 1 aliphatic rings. The number of carbonyl (C=O) groups excluding carboxylic acids is 2. The number of rotatable bonds is 11. The SMILES string of the molecule is COCCCn1c(C2CCCN(C(=O)C[C@@H](Cc3ccc([N+](=O)[O-])cc3)NC(=O)OC(C)(C)C)C2)c(C)c2ccccc21. The van der Waals surface area contributed by atoms with Gasteiger partial charge >= 0.3 is 6.09 Å². The number of hydrogen-bond acceptors (Lipinski definition) is 6. The van der Waals surface area contributed by atoms with Crippen LogP contribution in [0.2, 0.25) is 0 Å². The molecule has 1 N–H and O–H groups in total. The van der Waals surface area contributed by atoms with Gasteiger partial charge in [0.1, 0.15) is 5.60 Å². The van der Waals surface area contributed by atoms with E-state index in [-0.39, 0.29) is 23.9 Å². The van der Waals surface area contributed by atoms with Crippen molar-refractivity contribution in [1.29, 1.82) is 0 Å². The largest absolute Gasteiger partial charge is 0.444 e. The Labute approximate surface area is 253 Å². The number of piperidine rings is 1. The summed E-state index contributed by atoms with van der Waals surface area (Å²) < 4.78 is 13.2. The molecule has 2 amide bonds. The van der Waals surface area contributed by atoms with Gasteiger partial charge in [0.2, 0.25) is 5.91 Å². The highest BCUT2D eigenvalue weighted by Gasteiger charge is 2.31. The predicted molar refractivity (Wildman–Crippen MR) is 166 cm³/mol. The predicted octanol–water partition coefficient (Wildman–Crippen LogP) is 6.13. The van der Waals surface area contributed by atoms with Crippen LogP contribution in [0.3, 0.4) is 0 Å². The molecule has 2 aromatic carbocycles. The average Bonchev–Trinajstić information content (AvgIpc) is 3.23. The number of nitro groups is 1. The molecule has 3 aromatic rings. The van der Waals surface area contributed by atoms with Crippen LogP contribution in [0.15, 0.2) is 48.5 Å². The van der Waals surface area contributed by atoms with Gasteiger partial charge in [-0.05, 0) is 70.6 Å². The van der Waals surface area contributed by atoms with Crippen LogP contribution < -0.4 is 5.32 Å². The standard InChI is InChI=1S/C33H44N4O6/c1-23-28-11-6-7-12-29(28)36(18-9-19-42-5)31(23)25-10-8-17-35(22-25)30(38)21-26(34-32(39)43-33(2,3)4)20-24-13-15-27(16-14-24)37(40)41/h6-7,11-16,25-26H,8-10,17-22H2,1-5H3,(H,34,39)/t25?,26-/m1/s1. The third-order valence-electron chi connectivity index (χ3n) is 7.94. The molecule has 2 atom stereocenters. The number of alkyl carbamates (subject to hydrolysis) is 1. The van der Waals surface area contributed by atoms with Crippen molar-refractivity contribution < 1.29 is 24.0 Å². The van der Waals surface area contributed by atoms with Gasteiger partial charge in [0.25, 0.3) is 5.69 Å². The number of nitrogens with zero attached hydrogens (tertiary/aromatic N) is 3. The average molecular weight is 593 g/mol. The third kappa shape index (κ3) is 8.34. The summed E-state index contributed by atoms with van der Waals surface area (Å²) in [7, 11) is 1.72. The number of aryl methyl sites for hydroxylation is 2. The molecule has 232 valence electrons. The molecule has 0 saturated carbocycles.